The van der Waals surface area contributed by atoms with Gasteiger partial charge in [0.15, 0.2) is 9.84 Å². The van der Waals surface area contributed by atoms with E-state index < -0.39 is 56.5 Å². The molecule has 0 N–H and O–H groups in total. The second-order valence-electron chi connectivity index (χ2n) is 8.29. The van der Waals surface area contributed by atoms with E-state index in [4.69, 9.17) is 0 Å². The number of alkyl halides is 3. The number of aryl methyl sites for hydroxylation is 2. The van der Waals surface area contributed by atoms with Gasteiger partial charge in [0.05, 0.1) is 11.3 Å². The molecule has 0 saturated carbocycles. The molecule has 0 bridgehead atoms. The summed E-state index contributed by atoms with van der Waals surface area (Å²) in [4.78, 5) is 20.1. The van der Waals surface area contributed by atoms with Crippen molar-refractivity contribution in [3.8, 4) is 6.07 Å². The van der Waals surface area contributed by atoms with Crippen molar-refractivity contribution in [1.29, 1.82) is 5.26 Å². The van der Waals surface area contributed by atoms with Crippen molar-refractivity contribution in [3.05, 3.63) is 52.7 Å². The average molecular weight is 481 g/mol. The summed E-state index contributed by atoms with van der Waals surface area (Å²) in [6.07, 6.45) is -4.85. The van der Waals surface area contributed by atoms with E-state index in [1.807, 2.05) is 13.0 Å². The SMILES string of the molecule is Cc1cccc(N(C(=O)[C@@H]2CS(=O)(=O)CN2c2nc(C)cc(C(F)(F)F)c2C#N)C(C)C)c1. The molecule has 1 fully saturated rings. The molecule has 0 radical (unpaired) electrons. The lowest BCUT2D eigenvalue weighted by molar-refractivity contribution is -0.137. The highest BCUT2D eigenvalue weighted by Crippen LogP contribution is 2.38. The summed E-state index contributed by atoms with van der Waals surface area (Å²) in [5.41, 5.74) is -0.667. The van der Waals surface area contributed by atoms with Crippen molar-refractivity contribution in [2.45, 2.75) is 46.0 Å². The van der Waals surface area contributed by atoms with Gasteiger partial charge in [-0.2, -0.15) is 18.4 Å². The molecule has 7 nitrogen and oxygen atoms in total. The summed E-state index contributed by atoms with van der Waals surface area (Å²) >= 11 is 0. The maximum atomic E-state index is 13.6. The molecule has 1 amide bonds. The number of anilines is 2. The topological polar surface area (TPSA) is 94.4 Å². The van der Waals surface area contributed by atoms with E-state index in [1.54, 1.807) is 32.0 Å². The first-order valence-corrected chi connectivity index (χ1v) is 11.9. The number of sulfone groups is 1. The highest BCUT2D eigenvalue weighted by molar-refractivity contribution is 7.91. The van der Waals surface area contributed by atoms with Crippen molar-refractivity contribution >= 4 is 27.2 Å². The van der Waals surface area contributed by atoms with Gasteiger partial charge in [-0.15, -0.1) is 0 Å². The number of aromatic nitrogens is 1. The Balaban J connectivity index is 2.16. The Kier molecular flexibility index (Phi) is 6.44. The minimum atomic E-state index is -4.85. The van der Waals surface area contributed by atoms with Crippen LogP contribution in [0.1, 0.15) is 36.2 Å². The molecule has 1 aromatic carbocycles. The Morgan fingerprint density at radius 2 is 1.94 bits per heavy atom. The molecule has 2 aromatic rings. The molecule has 0 spiro atoms. The van der Waals surface area contributed by atoms with Gasteiger partial charge in [0.25, 0.3) is 5.91 Å². The van der Waals surface area contributed by atoms with E-state index >= 15 is 0 Å². The van der Waals surface area contributed by atoms with Crippen LogP contribution in [0.3, 0.4) is 0 Å². The van der Waals surface area contributed by atoms with Crippen molar-refractivity contribution < 1.29 is 26.4 Å². The maximum Gasteiger partial charge on any atom is 0.417 e. The van der Waals surface area contributed by atoms with Crippen molar-refractivity contribution in [3.63, 3.8) is 0 Å². The van der Waals surface area contributed by atoms with E-state index in [0.29, 0.717) is 5.69 Å². The quantitative estimate of drug-likeness (QED) is 0.664. The number of hydrogen-bond donors (Lipinski definition) is 0. The highest BCUT2D eigenvalue weighted by Gasteiger charge is 2.46. The summed E-state index contributed by atoms with van der Waals surface area (Å²) in [5, 5.41) is 9.51. The molecular formula is C22H23F3N4O3S. The van der Waals surface area contributed by atoms with Crippen LogP contribution in [0.4, 0.5) is 24.7 Å². The van der Waals surface area contributed by atoms with Crippen LogP contribution in [-0.2, 0) is 20.8 Å². The smallest absolute Gasteiger partial charge is 0.328 e. The van der Waals surface area contributed by atoms with Crippen molar-refractivity contribution in [2.75, 3.05) is 21.4 Å². The van der Waals surface area contributed by atoms with Gasteiger partial charge in [0.1, 0.15) is 29.4 Å². The molecule has 1 saturated heterocycles. The number of benzene rings is 1. The first-order chi connectivity index (χ1) is 15.2. The number of rotatable bonds is 4. The Morgan fingerprint density at radius 3 is 2.48 bits per heavy atom. The second kappa shape index (κ2) is 8.67. The zero-order chi connectivity index (χ0) is 24.7. The Hall–Kier alpha value is -3.13. The van der Waals surface area contributed by atoms with Gasteiger partial charge in [-0.1, -0.05) is 12.1 Å². The summed E-state index contributed by atoms with van der Waals surface area (Å²) < 4.78 is 65.8. The lowest BCUT2D eigenvalue weighted by Gasteiger charge is -2.33. The van der Waals surface area contributed by atoms with Crippen LogP contribution in [-0.4, -0.2) is 43.0 Å². The van der Waals surface area contributed by atoms with E-state index in [1.165, 1.54) is 17.9 Å². The summed E-state index contributed by atoms with van der Waals surface area (Å²) in [6, 6.07) is 7.60. The number of pyridine rings is 1. The van der Waals surface area contributed by atoms with Crippen LogP contribution in [0.15, 0.2) is 30.3 Å². The first kappa shape index (κ1) is 24.5. The molecule has 0 aliphatic carbocycles. The van der Waals surface area contributed by atoms with E-state index in [9.17, 15) is 31.6 Å². The third-order valence-electron chi connectivity index (χ3n) is 5.26. The lowest BCUT2D eigenvalue weighted by Crippen LogP contribution is -2.50. The largest absolute Gasteiger partial charge is 0.417 e. The van der Waals surface area contributed by atoms with Crippen molar-refractivity contribution in [2.24, 2.45) is 0 Å². The molecule has 11 heteroatoms. The fourth-order valence-corrected chi connectivity index (χ4v) is 5.55. The van der Waals surface area contributed by atoms with Gasteiger partial charge in [0, 0.05) is 17.4 Å². The number of halogens is 3. The molecule has 1 aliphatic heterocycles. The monoisotopic (exact) mass is 480 g/mol. The molecule has 3 rings (SSSR count). The number of nitriles is 1. The predicted octanol–water partition coefficient (Wildman–Crippen LogP) is 3.59. The molecular weight excluding hydrogens is 457 g/mol. The van der Waals surface area contributed by atoms with E-state index in [2.05, 4.69) is 4.98 Å². The van der Waals surface area contributed by atoms with Crippen LogP contribution in [0, 0.1) is 25.2 Å². The van der Waals surface area contributed by atoms with Crippen LogP contribution >= 0.6 is 0 Å². The van der Waals surface area contributed by atoms with Gasteiger partial charge in [-0.25, -0.2) is 13.4 Å². The first-order valence-electron chi connectivity index (χ1n) is 10.1. The lowest BCUT2D eigenvalue weighted by atomic mass is 10.1. The Morgan fingerprint density at radius 1 is 1.27 bits per heavy atom. The molecule has 1 aliphatic rings. The average Bonchev–Trinajstić information content (AvgIpc) is 3.02. The standard InChI is InChI=1S/C22H23F3N4O3S/c1-13(2)29(16-7-5-6-14(3)8-16)21(30)19-11-33(31,32)12-28(19)20-17(10-26)18(22(23,24)25)9-15(4)27-20/h5-9,13,19H,11-12H2,1-4H3/t19-/m0/s1. The zero-order valence-corrected chi connectivity index (χ0v) is 19.3. The summed E-state index contributed by atoms with van der Waals surface area (Å²) in [7, 11) is -3.83. The van der Waals surface area contributed by atoms with E-state index in [0.717, 1.165) is 16.5 Å². The Labute approximate surface area is 190 Å². The zero-order valence-electron chi connectivity index (χ0n) is 18.5. The predicted molar refractivity (Wildman–Crippen MR) is 117 cm³/mol. The molecule has 33 heavy (non-hydrogen) atoms. The third-order valence-corrected chi connectivity index (χ3v) is 6.76. The Bertz CT molecular complexity index is 1240. The van der Waals surface area contributed by atoms with Gasteiger partial charge in [-0.3, -0.25) is 4.79 Å². The second-order valence-corrected chi connectivity index (χ2v) is 10.4. The van der Waals surface area contributed by atoms with Gasteiger partial charge < -0.3 is 9.80 Å². The summed E-state index contributed by atoms with van der Waals surface area (Å²) in [5.74, 6) is -2.37. The van der Waals surface area contributed by atoms with Crippen molar-refractivity contribution in [1.82, 2.24) is 4.98 Å². The minimum Gasteiger partial charge on any atom is -0.328 e. The number of carbonyl (C=O) groups excluding carboxylic acids is 1. The van der Waals surface area contributed by atoms with Crippen LogP contribution in [0.2, 0.25) is 0 Å². The highest BCUT2D eigenvalue weighted by atomic mass is 32.2. The third kappa shape index (κ3) is 4.95. The summed E-state index contributed by atoms with van der Waals surface area (Å²) in [6.45, 7) is 6.66. The van der Waals surface area contributed by atoms with Crippen LogP contribution in [0.5, 0.6) is 0 Å². The van der Waals surface area contributed by atoms with Crippen LogP contribution < -0.4 is 9.80 Å². The number of carbonyl (C=O) groups is 1. The van der Waals surface area contributed by atoms with E-state index in [-0.39, 0.29) is 11.7 Å². The molecule has 0 unspecified atom stereocenters. The maximum absolute atomic E-state index is 13.6. The number of amides is 1. The van der Waals surface area contributed by atoms with Gasteiger partial charge in [-0.05, 0) is 51.5 Å². The molecule has 1 aromatic heterocycles. The van der Waals surface area contributed by atoms with Gasteiger partial charge in [0.2, 0.25) is 0 Å². The molecule has 1 atom stereocenters. The fourth-order valence-electron chi connectivity index (χ4n) is 3.92. The van der Waals surface area contributed by atoms with Crippen LogP contribution in [0.25, 0.3) is 0 Å². The normalized spacial score (nSPS) is 17.8. The molecule has 2 heterocycles. The number of nitrogens with zero attached hydrogens (tertiary/aromatic N) is 4. The fraction of sp³-hybridized carbons (Fsp3) is 0.409. The van der Waals surface area contributed by atoms with Gasteiger partial charge >= 0.3 is 6.18 Å². The minimum absolute atomic E-state index is 0.0498. The number of hydrogen-bond acceptors (Lipinski definition) is 6. The molecule has 176 valence electrons.